The molecule has 1 aliphatic heterocycles. The number of carbonyl (C=O) groups is 1. The first-order chi connectivity index (χ1) is 12.1. The SMILES string of the molecule is O=C(NCc1ccc(CN2CCCC2)cc1)c1ccccc1[N+](=O)[O-]. The molecule has 0 radical (unpaired) electrons. The van der Waals surface area contributed by atoms with Crippen LogP contribution >= 0.6 is 0 Å². The molecular formula is C19H21N3O3. The summed E-state index contributed by atoms with van der Waals surface area (Å²) in [5.74, 6) is -0.437. The second kappa shape index (κ2) is 7.90. The first kappa shape index (κ1) is 17.1. The van der Waals surface area contributed by atoms with Crippen LogP contribution in [0.15, 0.2) is 48.5 Å². The monoisotopic (exact) mass is 339 g/mol. The molecule has 130 valence electrons. The minimum absolute atomic E-state index is 0.0816. The van der Waals surface area contributed by atoms with Crippen molar-refractivity contribution in [2.45, 2.75) is 25.9 Å². The van der Waals surface area contributed by atoms with Crippen molar-refractivity contribution >= 4 is 11.6 Å². The van der Waals surface area contributed by atoms with Crippen molar-refractivity contribution in [1.82, 2.24) is 10.2 Å². The molecule has 1 fully saturated rings. The third-order valence-electron chi connectivity index (χ3n) is 4.43. The maximum absolute atomic E-state index is 12.2. The number of nitrogens with one attached hydrogen (secondary N) is 1. The first-order valence-electron chi connectivity index (χ1n) is 8.45. The smallest absolute Gasteiger partial charge is 0.282 e. The van der Waals surface area contributed by atoms with Gasteiger partial charge in [0, 0.05) is 19.2 Å². The van der Waals surface area contributed by atoms with E-state index in [2.05, 4.69) is 22.3 Å². The lowest BCUT2D eigenvalue weighted by Crippen LogP contribution is -2.23. The van der Waals surface area contributed by atoms with Gasteiger partial charge in [0.2, 0.25) is 0 Å². The van der Waals surface area contributed by atoms with E-state index >= 15 is 0 Å². The van der Waals surface area contributed by atoms with Crippen LogP contribution in [0.2, 0.25) is 0 Å². The number of nitro benzene ring substituents is 1. The molecule has 0 unspecified atom stereocenters. The fraction of sp³-hybridized carbons (Fsp3) is 0.316. The number of hydrogen-bond donors (Lipinski definition) is 1. The predicted octanol–water partition coefficient (Wildman–Crippen LogP) is 3.12. The van der Waals surface area contributed by atoms with Crippen molar-refractivity contribution in [2.75, 3.05) is 13.1 Å². The van der Waals surface area contributed by atoms with Gasteiger partial charge < -0.3 is 5.32 Å². The molecule has 3 rings (SSSR count). The number of nitrogens with zero attached hydrogens (tertiary/aromatic N) is 2. The van der Waals surface area contributed by atoms with Crippen molar-refractivity contribution in [3.8, 4) is 0 Å². The molecule has 1 aliphatic rings. The van der Waals surface area contributed by atoms with Crippen molar-refractivity contribution in [1.29, 1.82) is 0 Å². The number of rotatable bonds is 6. The minimum atomic E-state index is -0.540. The average molecular weight is 339 g/mol. The molecule has 0 bridgehead atoms. The van der Waals surface area contributed by atoms with Gasteiger partial charge in [0.25, 0.3) is 11.6 Å². The predicted molar refractivity (Wildman–Crippen MR) is 95.2 cm³/mol. The third-order valence-corrected chi connectivity index (χ3v) is 4.43. The maximum Gasteiger partial charge on any atom is 0.282 e. The summed E-state index contributed by atoms with van der Waals surface area (Å²) in [6, 6.07) is 14.1. The number of carbonyl (C=O) groups excluding carboxylic acids is 1. The van der Waals surface area contributed by atoms with Crippen LogP contribution in [0.3, 0.4) is 0 Å². The van der Waals surface area contributed by atoms with E-state index in [0.29, 0.717) is 6.54 Å². The summed E-state index contributed by atoms with van der Waals surface area (Å²) >= 11 is 0. The Hall–Kier alpha value is -2.73. The van der Waals surface area contributed by atoms with Crippen molar-refractivity contribution in [2.24, 2.45) is 0 Å². The Kier molecular flexibility index (Phi) is 5.40. The zero-order valence-corrected chi connectivity index (χ0v) is 14.0. The van der Waals surface area contributed by atoms with Gasteiger partial charge in [-0.3, -0.25) is 19.8 Å². The summed E-state index contributed by atoms with van der Waals surface area (Å²) in [7, 11) is 0. The van der Waals surface area contributed by atoms with Gasteiger partial charge in [-0.25, -0.2) is 0 Å². The molecule has 0 saturated carbocycles. The van der Waals surface area contributed by atoms with Gasteiger partial charge in [0.15, 0.2) is 0 Å². The van der Waals surface area contributed by atoms with Crippen LogP contribution in [0.1, 0.15) is 34.3 Å². The zero-order valence-electron chi connectivity index (χ0n) is 14.0. The van der Waals surface area contributed by atoms with E-state index in [4.69, 9.17) is 0 Å². The van der Waals surface area contributed by atoms with Crippen LogP contribution in [0, 0.1) is 10.1 Å². The van der Waals surface area contributed by atoms with Crippen LogP contribution < -0.4 is 5.32 Å². The van der Waals surface area contributed by atoms with Gasteiger partial charge in [0.05, 0.1) is 4.92 Å². The highest BCUT2D eigenvalue weighted by Gasteiger charge is 2.18. The maximum atomic E-state index is 12.2. The summed E-state index contributed by atoms with van der Waals surface area (Å²) in [5.41, 5.74) is 2.13. The van der Waals surface area contributed by atoms with Gasteiger partial charge >= 0.3 is 0 Å². The van der Waals surface area contributed by atoms with E-state index in [1.54, 1.807) is 12.1 Å². The number of amides is 1. The summed E-state index contributed by atoms with van der Waals surface area (Å²) in [4.78, 5) is 25.1. The van der Waals surface area contributed by atoms with E-state index in [-0.39, 0.29) is 11.3 Å². The van der Waals surface area contributed by atoms with Crippen molar-refractivity contribution in [3.05, 3.63) is 75.3 Å². The van der Waals surface area contributed by atoms with E-state index in [1.807, 2.05) is 12.1 Å². The normalized spacial score (nSPS) is 14.4. The molecule has 2 aromatic rings. The van der Waals surface area contributed by atoms with Gasteiger partial charge in [-0.05, 0) is 43.1 Å². The number of para-hydroxylation sites is 1. The molecule has 1 N–H and O–H groups in total. The van der Waals surface area contributed by atoms with Gasteiger partial charge in [-0.2, -0.15) is 0 Å². The number of nitro groups is 1. The van der Waals surface area contributed by atoms with E-state index in [1.165, 1.54) is 30.5 Å². The molecule has 1 saturated heterocycles. The van der Waals surface area contributed by atoms with Crippen LogP contribution in [-0.4, -0.2) is 28.8 Å². The number of hydrogen-bond acceptors (Lipinski definition) is 4. The molecule has 0 aromatic heterocycles. The highest BCUT2D eigenvalue weighted by Crippen LogP contribution is 2.18. The van der Waals surface area contributed by atoms with Gasteiger partial charge in [0.1, 0.15) is 5.56 Å². The van der Waals surface area contributed by atoms with Gasteiger partial charge in [-0.1, -0.05) is 36.4 Å². The molecule has 0 spiro atoms. The lowest BCUT2D eigenvalue weighted by atomic mass is 10.1. The molecule has 25 heavy (non-hydrogen) atoms. The molecule has 6 nitrogen and oxygen atoms in total. The molecule has 0 atom stereocenters. The Morgan fingerprint density at radius 1 is 1.04 bits per heavy atom. The highest BCUT2D eigenvalue weighted by molar-refractivity contribution is 5.98. The summed E-state index contributed by atoms with van der Waals surface area (Å²) in [6.07, 6.45) is 2.55. The van der Waals surface area contributed by atoms with E-state index in [0.717, 1.165) is 25.2 Å². The van der Waals surface area contributed by atoms with Crippen LogP contribution in [0.25, 0.3) is 0 Å². The van der Waals surface area contributed by atoms with Crippen molar-refractivity contribution < 1.29 is 9.72 Å². The van der Waals surface area contributed by atoms with E-state index < -0.39 is 10.8 Å². The lowest BCUT2D eigenvalue weighted by molar-refractivity contribution is -0.385. The Morgan fingerprint density at radius 2 is 1.68 bits per heavy atom. The molecular weight excluding hydrogens is 318 g/mol. The Balaban J connectivity index is 1.58. The van der Waals surface area contributed by atoms with Crippen molar-refractivity contribution in [3.63, 3.8) is 0 Å². The zero-order chi connectivity index (χ0) is 17.6. The van der Waals surface area contributed by atoms with Crippen LogP contribution in [0.5, 0.6) is 0 Å². The second-order valence-electron chi connectivity index (χ2n) is 6.26. The number of benzene rings is 2. The van der Waals surface area contributed by atoms with Gasteiger partial charge in [-0.15, -0.1) is 0 Å². The second-order valence-corrected chi connectivity index (χ2v) is 6.26. The Labute approximate surface area is 146 Å². The molecule has 0 aliphatic carbocycles. The first-order valence-corrected chi connectivity index (χ1v) is 8.45. The molecule has 6 heteroatoms. The molecule has 1 heterocycles. The molecule has 1 amide bonds. The fourth-order valence-electron chi connectivity index (χ4n) is 3.06. The standard InChI is InChI=1S/C19H21N3O3/c23-19(17-5-1-2-6-18(17)22(24)25)20-13-15-7-9-16(10-8-15)14-21-11-3-4-12-21/h1-2,5-10H,3-4,11-14H2,(H,20,23). The van der Waals surface area contributed by atoms with Crippen LogP contribution in [-0.2, 0) is 13.1 Å². The summed E-state index contributed by atoms with van der Waals surface area (Å²) in [6.45, 7) is 3.62. The Bertz CT molecular complexity index is 753. The largest absolute Gasteiger partial charge is 0.348 e. The average Bonchev–Trinajstić information content (AvgIpc) is 3.14. The lowest BCUT2D eigenvalue weighted by Gasteiger charge is -2.14. The highest BCUT2D eigenvalue weighted by atomic mass is 16.6. The minimum Gasteiger partial charge on any atom is -0.348 e. The fourth-order valence-corrected chi connectivity index (χ4v) is 3.06. The quantitative estimate of drug-likeness (QED) is 0.648. The third kappa shape index (κ3) is 4.42. The topological polar surface area (TPSA) is 75.5 Å². The Morgan fingerprint density at radius 3 is 2.36 bits per heavy atom. The summed E-state index contributed by atoms with van der Waals surface area (Å²) in [5, 5.41) is 13.8. The summed E-state index contributed by atoms with van der Waals surface area (Å²) < 4.78 is 0. The molecule has 2 aromatic carbocycles. The number of likely N-dealkylation sites (tertiary alicyclic amines) is 1. The van der Waals surface area contributed by atoms with Crippen LogP contribution in [0.4, 0.5) is 5.69 Å². The van der Waals surface area contributed by atoms with E-state index in [9.17, 15) is 14.9 Å².